The van der Waals surface area contributed by atoms with Gasteiger partial charge in [-0.2, -0.15) is 22.0 Å². The van der Waals surface area contributed by atoms with Crippen molar-refractivity contribution >= 4 is 27.0 Å². The number of aromatic hydroxyl groups is 1. The number of hydrogen-bond donors (Lipinski definition) is 1. The molecule has 3 aromatic rings. The first-order valence-electron chi connectivity index (χ1n) is 10.5. The van der Waals surface area contributed by atoms with Gasteiger partial charge >= 0.3 is 17.4 Å². The van der Waals surface area contributed by atoms with Crippen molar-refractivity contribution in [3.05, 3.63) is 97.1 Å². The highest BCUT2D eigenvalue weighted by Crippen LogP contribution is 2.38. The van der Waals surface area contributed by atoms with Crippen molar-refractivity contribution in [2.45, 2.75) is 39.1 Å². The monoisotopic (exact) mass is 576 g/mol. The van der Waals surface area contributed by atoms with Crippen molar-refractivity contribution in [2.24, 2.45) is 0 Å². The minimum absolute atomic E-state index is 0.134. The maximum Gasteiger partial charge on any atom is 0.432 e. The average Bonchev–Trinajstić information content (AvgIpc) is 2.84. The lowest BCUT2D eigenvalue weighted by atomic mass is 10.3. The fourth-order valence-electron chi connectivity index (χ4n) is 2.77. The summed E-state index contributed by atoms with van der Waals surface area (Å²) >= 11 is 0. The molecular formula is C25H21F5O6S2. The summed E-state index contributed by atoms with van der Waals surface area (Å²) < 4.78 is 95.6. The number of esters is 1. The molecule has 0 saturated heterocycles. The Morgan fingerprint density at radius 1 is 0.868 bits per heavy atom. The lowest BCUT2D eigenvalue weighted by Crippen LogP contribution is -2.52. The van der Waals surface area contributed by atoms with E-state index in [2.05, 4.69) is 59.8 Å². The van der Waals surface area contributed by atoms with Gasteiger partial charge in [-0.3, -0.25) is 0 Å². The number of alkyl halides is 5. The molecule has 3 aromatic carbocycles. The highest BCUT2D eigenvalue weighted by molar-refractivity contribution is 7.97. The SMILES string of the molecule is C=C(C)C(=O)OC(C(F)(F)F)C(F)(F)S(=O)(=O)[O-].Oc1ccc([S+](c2ccccc2)c2ccccc2)cc1. The van der Waals surface area contributed by atoms with Gasteiger partial charge in [0, 0.05) is 5.57 Å². The van der Waals surface area contributed by atoms with Gasteiger partial charge in [-0.15, -0.1) is 0 Å². The predicted octanol–water partition coefficient (Wildman–Crippen LogP) is 5.66. The molecule has 13 heteroatoms. The lowest BCUT2D eigenvalue weighted by molar-refractivity contribution is -0.257. The van der Waals surface area contributed by atoms with Gasteiger partial charge in [0.2, 0.25) is 0 Å². The smallest absolute Gasteiger partial charge is 0.432 e. The minimum Gasteiger partial charge on any atom is -0.743 e. The molecule has 0 aliphatic rings. The molecule has 0 aromatic heterocycles. The van der Waals surface area contributed by atoms with Crippen LogP contribution in [-0.2, 0) is 30.5 Å². The molecule has 6 nitrogen and oxygen atoms in total. The second kappa shape index (κ2) is 12.4. The van der Waals surface area contributed by atoms with E-state index >= 15 is 0 Å². The molecule has 0 aliphatic carbocycles. The van der Waals surface area contributed by atoms with Crippen molar-refractivity contribution in [2.75, 3.05) is 0 Å². The zero-order valence-corrected chi connectivity index (χ0v) is 21.2. The molecule has 3 rings (SSSR count). The van der Waals surface area contributed by atoms with E-state index in [1.165, 1.54) is 14.7 Å². The Labute approximate surface area is 218 Å². The van der Waals surface area contributed by atoms with Crippen molar-refractivity contribution in [1.82, 2.24) is 0 Å². The average molecular weight is 577 g/mol. The van der Waals surface area contributed by atoms with E-state index in [0.29, 0.717) is 5.75 Å². The van der Waals surface area contributed by atoms with Crippen LogP contribution in [0.25, 0.3) is 0 Å². The predicted molar refractivity (Wildman–Crippen MR) is 129 cm³/mol. The Morgan fingerprint density at radius 2 is 1.26 bits per heavy atom. The molecule has 0 amide bonds. The fourth-order valence-corrected chi connectivity index (χ4v) is 5.30. The van der Waals surface area contributed by atoms with Crippen LogP contribution in [0.2, 0.25) is 0 Å². The van der Waals surface area contributed by atoms with Crippen LogP contribution in [-0.4, -0.2) is 41.6 Å². The fraction of sp³-hybridized carbons (Fsp3) is 0.160. The maximum absolute atomic E-state index is 12.8. The van der Waals surface area contributed by atoms with Crippen molar-refractivity contribution in [3.63, 3.8) is 0 Å². The van der Waals surface area contributed by atoms with Crippen LogP contribution in [0.1, 0.15) is 6.92 Å². The molecule has 0 aliphatic heterocycles. The summed E-state index contributed by atoms with van der Waals surface area (Å²) in [6, 6.07) is 28.5. The number of carbonyl (C=O) groups excluding carboxylic acids is 1. The molecule has 0 fully saturated rings. The maximum atomic E-state index is 12.8. The third kappa shape index (κ3) is 8.04. The molecule has 204 valence electrons. The number of benzene rings is 3. The molecule has 0 radical (unpaired) electrons. The molecule has 38 heavy (non-hydrogen) atoms. The van der Waals surface area contributed by atoms with E-state index in [0.717, 1.165) is 6.92 Å². The Hall–Kier alpha value is -3.42. The zero-order chi connectivity index (χ0) is 28.7. The number of phenolic OH excluding ortho intramolecular Hbond substituents is 1. The van der Waals surface area contributed by atoms with E-state index in [4.69, 9.17) is 0 Å². The quantitative estimate of drug-likeness (QED) is 0.128. The van der Waals surface area contributed by atoms with Gasteiger partial charge in [-0.05, 0) is 55.5 Å². The standard InChI is InChI=1S/C18H14OS.C7H7F5O5S/c19-15-11-13-18(14-12-15)20(16-7-3-1-4-8-16)17-9-5-2-6-10-17;1-3(2)4(13)17-5(6(8,9)10)7(11,12)18(14,15)16/h1-14H;5H,1H2,2H3,(H,14,15,16). The Kier molecular flexibility index (Phi) is 10.1. The Balaban J connectivity index is 0.000000269. The molecule has 0 heterocycles. The van der Waals surface area contributed by atoms with Crippen molar-refractivity contribution in [1.29, 1.82) is 0 Å². The minimum atomic E-state index is -6.67. The largest absolute Gasteiger partial charge is 0.743 e. The summed E-state index contributed by atoms with van der Waals surface area (Å²) in [6.45, 7) is 3.67. The van der Waals surface area contributed by atoms with Gasteiger partial charge in [-0.25, -0.2) is 13.2 Å². The summed E-state index contributed by atoms with van der Waals surface area (Å²) in [5.74, 6) is -1.60. The second-order valence-electron chi connectivity index (χ2n) is 7.55. The molecular weight excluding hydrogens is 555 g/mol. The van der Waals surface area contributed by atoms with Crippen LogP contribution >= 0.6 is 0 Å². The Bertz CT molecular complexity index is 1290. The summed E-state index contributed by atoms with van der Waals surface area (Å²) in [4.78, 5) is 14.5. The van der Waals surface area contributed by atoms with Gasteiger partial charge in [0.05, 0.1) is 10.9 Å². The summed E-state index contributed by atoms with van der Waals surface area (Å²) in [5, 5.41) is 3.65. The van der Waals surface area contributed by atoms with Gasteiger partial charge in [0.1, 0.15) is 5.75 Å². The first-order valence-corrected chi connectivity index (χ1v) is 13.1. The van der Waals surface area contributed by atoms with E-state index in [9.17, 15) is 44.8 Å². The number of halogens is 5. The molecule has 0 spiro atoms. The highest BCUT2D eigenvalue weighted by atomic mass is 32.2. The lowest BCUT2D eigenvalue weighted by Gasteiger charge is -2.29. The van der Waals surface area contributed by atoms with Crippen LogP contribution in [0.15, 0.2) is 112 Å². The number of hydrogen-bond acceptors (Lipinski definition) is 6. The van der Waals surface area contributed by atoms with Gasteiger partial charge in [0.15, 0.2) is 24.8 Å². The number of ether oxygens (including phenoxy) is 1. The molecule has 0 saturated carbocycles. The normalized spacial score (nSPS) is 12.7. The Morgan fingerprint density at radius 3 is 1.61 bits per heavy atom. The van der Waals surface area contributed by atoms with Crippen molar-refractivity contribution < 1.29 is 49.6 Å². The van der Waals surface area contributed by atoms with E-state index < -0.39 is 39.2 Å². The van der Waals surface area contributed by atoms with E-state index in [1.807, 2.05) is 24.3 Å². The zero-order valence-electron chi connectivity index (χ0n) is 19.6. The van der Waals surface area contributed by atoms with Crippen LogP contribution in [0.4, 0.5) is 22.0 Å². The van der Waals surface area contributed by atoms with Crippen LogP contribution < -0.4 is 0 Å². The van der Waals surface area contributed by atoms with Gasteiger partial charge in [-0.1, -0.05) is 43.0 Å². The van der Waals surface area contributed by atoms with Crippen LogP contribution in [0.5, 0.6) is 5.75 Å². The van der Waals surface area contributed by atoms with Crippen molar-refractivity contribution in [3.8, 4) is 5.75 Å². The third-order valence-electron chi connectivity index (χ3n) is 4.54. The highest BCUT2D eigenvalue weighted by Gasteiger charge is 2.62. The van der Waals surface area contributed by atoms with E-state index in [1.54, 1.807) is 12.1 Å². The summed E-state index contributed by atoms with van der Waals surface area (Å²) in [5.41, 5.74) is -0.677. The molecule has 1 unspecified atom stereocenters. The first kappa shape index (κ1) is 30.8. The summed E-state index contributed by atoms with van der Waals surface area (Å²) in [6.07, 6.45) is -10.3. The van der Waals surface area contributed by atoms with Crippen LogP contribution in [0, 0.1) is 0 Å². The second-order valence-corrected chi connectivity index (χ2v) is 11.0. The summed E-state index contributed by atoms with van der Waals surface area (Å²) in [7, 11) is -6.80. The van der Waals surface area contributed by atoms with Gasteiger partial charge in [0.25, 0.3) is 6.10 Å². The number of phenols is 1. The number of rotatable bonds is 7. The number of carbonyl (C=O) groups is 1. The first-order chi connectivity index (χ1) is 17.6. The van der Waals surface area contributed by atoms with Gasteiger partial charge < -0.3 is 14.4 Å². The molecule has 1 N–H and O–H groups in total. The topological polar surface area (TPSA) is 104 Å². The molecule has 0 bridgehead atoms. The molecule has 1 atom stereocenters. The van der Waals surface area contributed by atoms with E-state index in [-0.39, 0.29) is 10.9 Å². The van der Waals surface area contributed by atoms with Crippen LogP contribution in [0.3, 0.4) is 0 Å². The third-order valence-corrected chi connectivity index (χ3v) is 7.65.